The van der Waals surface area contributed by atoms with Gasteiger partial charge < -0.3 is 14.8 Å². The van der Waals surface area contributed by atoms with E-state index < -0.39 is 10.0 Å². The average molecular weight is 569 g/mol. The SMILES string of the molecule is CS(=O)(=O)Nc1ccc(N2C(=S)N[C@@H](c3ccccn3)[C@@H]2c2cccn2-c2cccc(Br)c2)cc1. The lowest BCUT2D eigenvalue weighted by Gasteiger charge is -2.29. The summed E-state index contributed by atoms with van der Waals surface area (Å²) in [5.41, 5.74) is 4.25. The Morgan fingerprint density at radius 3 is 2.49 bits per heavy atom. The molecule has 2 N–H and O–H groups in total. The molecule has 0 bridgehead atoms. The van der Waals surface area contributed by atoms with Crippen LogP contribution < -0.4 is 14.9 Å². The summed E-state index contributed by atoms with van der Waals surface area (Å²) in [6, 6.07) is 24.9. The van der Waals surface area contributed by atoms with E-state index in [-0.39, 0.29) is 12.1 Å². The first-order chi connectivity index (χ1) is 16.8. The van der Waals surface area contributed by atoms with E-state index in [2.05, 4.69) is 58.6 Å². The summed E-state index contributed by atoms with van der Waals surface area (Å²) in [6.07, 6.45) is 4.94. The van der Waals surface area contributed by atoms with Crippen molar-refractivity contribution in [2.75, 3.05) is 15.9 Å². The number of rotatable bonds is 6. The molecule has 1 fully saturated rings. The van der Waals surface area contributed by atoms with Crippen molar-refractivity contribution in [2.45, 2.75) is 12.1 Å². The van der Waals surface area contributed by atoms with Gasteiger partial charge in [-0.1, -0.05) is 28.1 Å². The van der Waals surface area contributed by atoms with Gasteiger partial charge in [0.05, 0.1) is 18.0 Å². The molecule has 35 heavy (non-hydrogen) atoms. The van der Waals surface area contributed by atoms with Gasteiger partial charge in [-0.05, 0) is 78.9 Å². The van der Waals surface area contributed by atoms with Gasteiger partial charge in [0.2, 0.25) is 10.0 Å². The molecule has 2 aromatic carbocycles. The maximum absolute atomic E-state index is 11.6. The van der Waals surface area contributed by atoms with Gasteiger partial charge in [0.15, 0.2) is 5.11 Å². The zero-order valence-corrected chi connectivity index (χ0v) is 21.9. The van der Waals surface area contributed by atoms with Crippen molar-refractivity contribution in [1.82, 2.24) is 14.9 Å². The van der Waals surface area contributed by atoms with Gasteiger partial charge in [0.25, 0.3) is 0 Å². The van der Waals surface area contributed by atoms with Gasteiger partial charge in [-0.3, -0.25) is 9.71 Å². The van der Waals surface area contributed by atoms with E-state index in [0.29, 0.717) is 10.8 Å². The summed E-state index contributed by atoms with van der Waals surface area (Å²) >= 11 is 9.38. The number of nitrogens with one attached hydrogen (secondary N) is 2. The van der Waals surface area contributed by atoms with E-state index >= 15 is 0 Å². The topological polar surface area (TPSA) is 79.3 Å². The Bertz CT molecular complexity index is 1470. The quantitative estimate of drug-likeness (QED) is 0.312. The van der Waals surface area contributed by atoms with Crippen LogP contribution in [0.1, 0.15) is 23.5 Å². The predicted molar refractivity (Wildman–Crippen MR) is 146 cm³/mol. The molecule has 1 aliphatic rings. The van der Waals surface area contributed by atoms with Crippen LogP contribution in [0.25, 0.3) is 5.69 Å². The van der Waals surface area contributed by atoms with E-state index in [4.69, 9.17) is 12.2 Å². The number of nitrogens with zero attached hydrogens (tertiary/aromatic N) is 3. The highest BCUT2D eigenvalue weighted by Crippen LogP contribution is 2.42. The Hall–Kier alpha value is -3.21. The smallest absolute Gasteiger partial charge is 0.229 e. The third-order valence-electron chi connectivity index (χ3n) is 5.72. The zero-order chi connectivity index (χ0) is 24.6. The van der Waals surface area contributed by atoms with Crippen molar-refractivity contribution in [1.29, 1.82) is 0 Å². The van der Waals surface area contributed by atoms with Crippen LogP contribution in [0.4, 0.5) is 11.4 Å². The molecule has 1 saturated heterocycles. The van der Waals surface area contributed by atoms with Crippen LogP contribution in [-0.4, -0.2) is 29.3 Å². The van der Waals surface area contributed by atoms with Crippen molar-refractivity contribution < 1.29 is 8.42 Å². The highest BCUT2D eigenvalue weighted by atomic mass is 79.9. The number of thiocarbonyl (C=S) groups is 1. The Labute approximate surface area is 218 Å². The molecule has 5 rings (SSSR count). The first kappa shape index (κ1) is 23.5. The normalized spacial score (nSPS) is 17.9. The first-order valence-corrected chi connectivity index (χ1v) is 13.9. The molecule has 1 aliphatic heterocycles. The minimum atomic E-state index is -3.37. The molecule has 7 nitrogen and oxygen atoms in total. The van der Waals surface area contributed by atoms with Crippen LogP contribution >= 0.6 is 28.1 Å². The van der Waals surface area contributed by atoms with Gasteiger partial charge in [-0.25, -0.2) is 8.42 Å². The van der Waals surface area contributed by atoms with Crippen LogP contribution in [0.3, 0.4) is 0 Å². The molecule has 0 spiro atoms. The standard InChI is InChI=1S/C25H22BrN5O2S2/c1-35(32,33)29-18-10-12-19(13-11-18)31-24(23(28-25(31)34)21-8-2-3-14-27-21)22-9-5-15-30(22)20-7-4-6-17(26)16-20/h2-16,23-24,29H,1H3,(H,28,34)/t23-,24-/m0/s1. The van der Waals surface area contributed by atoms with E-state index in [0.717, 1.165) is 33.5 Å². The van der Waals surface area contributed by atoms with Gasteiger partial charge in [0.1, 0.15) is 6.04 Å². The summed E-state index contributed by atoms with van der Waals surface area (Å²) in [6.45, 7) is 0. The second kappa shape index (κ2) is 9.44. The average Bonchev–Trinajstić information content (AvgIpc) is 3.43. The van der Waals surface area contributed by atoms with Crippen LogP contribution in [0, 0.1) is 0 Å². The third kappa shape index (κ3) is 4.95. The fourth-order valence-electron chi connectivity index (χ4n) is 4.33. The summed E-state index contributed by atoms with van der Waals surface area (Å²) in [5.74, 6) is 0. The van der Waals surface area contributed by atoms with Gasteiger partial charge >= 0.3 is 0 Å². The number of hydrogen-bond acceptors (Lipinski definition) is 4. The Morgan fingerprint density at radius 1 is 1.00 bits per heavy atom. The number of aromatic nitrogens is 2. The third-order valence-corrected chi connectivity index (χ3v) is 7.13. The molecule has 178 valence electrons. The summed E-state index contributed by atoms with van der Waals surface area (Å²) in [4.78, 5) is 6.67. The Kier molecular flexibility index (Phi) is 6.35. The molecule has 0 aliphatic carbocycles. The highest BCUT2D eigenvalue weighted by Gasteiger charge is 2.42. The van der Waals surface area contributed by atoms with Crippen LogP contribution in [-0.2, 0) is 10.0 Å². The van der Waals surface area contributed by atoms with Crippen LogP contribution in [0.2, 0.25) is 0 Å². The van der Waals surface area contributed by atoms with Crippen LogP contribution in [0.5, 0.6) is 0 Å². The lowest BCUT2D eigenvalue weighted by molar-refractivity contribution is 0.549. The van der Waals surface area contributed by atoms with Gasteiger partial charge in [-0.2, -0.15) is 0 Å². The lowest BCUT2D eigenvalue weighted by Crippen LogP contribution is -2.30. The number of sulfonamides is 1. The fraction of sp³-hybridized carbons (Fsp3) is 0.120. The van der Waals surface area contributed by atoms with Crippen LogP contribution in [0.15, 0.2) is 95.7 Å². The monoisotopic (exact) mass is 567 g/mol. The van der Waals surface area contributed by atoms with Crippen molar-refractivity contribution >= 4 is 54.7 Å². The molecule has 2 atom stereocenters. The predicted octanol–water partition coefficient (Wildman–Crippen LogP) is 5.18. The van der Waals surface area contributed by atoms with E-state index in [1.807, 2.05) is 54.7 Å². The van der Waals surface area contributed by atoms with Gasteiger partial charge in [-0.15, -0.1) is 0 Å². The summed E-state index contributed by atoms with van der Waals surface area (Å²) in [7, 11) is -3.37. The second-order valence-electron chi connectivity index (χ2n) is 8.20. The summed E-state index contributed by atoms with van der Waals surface area (Å²) < 4.78 is 28.9. The molecule has 0 radical (unpaired) electrons. The zero-order valence-electron chi connectivity index (χ0n) is 18.7. The molecule has 4 aromatic rings. The minimum absolute atomic E-state index is 0.196. The van der Waals surface area contributed by atoms with Crippen molar-refractivity contribution in [3.63, 3.8) is 0 Å². The maximum atomic E-state index is 11.6. The Morgan fingerprint density at radius 2 is 1.80 bits per heavy atom. The van der Waals surface area contributed by atoms with E-state index in [1.54, 1.807) is 18.3 Å². The number of anilines is 2. The lowest BCUT2D eigenvalue weighted by atomic mass is 10.0. The number of hydrogen-bond donors (Lipinski definition) is 2. The highest BCUT2D eigenvalue weighted by molar-refractivity contribution is 9.10. The van der Waals surface area contributed by atoms with Crippen molar-refractivity contribution in [3.8, 4) is 5.69 Å². The Balaban J connectivity index is 1.61. The molecule has 3 heterocycles. The molecule has 2 aromatic heterocycles. The first-order valence-electron chi connectivity index (χ1n) is 10.8. The number of pyridine rings is 1. The summed E-state index contributed by atoms with van der Waals surface area (Å²) in [5, 5.41) is 4.03. The largest absolute Gasteiger partial charge is 0.351 e. The van der Waals surface area contributed by atoms with E-state index in [9.17, 15) is 8.42 Å². The van der Waals surface area contributed by atoms with E-state index in [1.165, 1.54) is 0 Å². The molecular formula is C25H22BrN5O2S2. The number of benzene rings is 2. The fourth-order valence-corrected chi connectivity index (χ4v) is 5.63. The van der Waals surface area contributed by atoms with Crippen molar-refractivity contribution in [3.05, 3.63) is 107 Å². The van der Waals surface area contributed by atoms with Crippen molar-refractivity contribution in [2.24, 2.45) is 0 Å². The minimum Gasteiger partial charge on any atom is -0.351 e. The molecule has 0 saturated carbocycles. The molecule has 0 unspecified atom stereocenters. The maximum Gasteiger partial charge on any atom is 0.229 e. The molecule has 0 amide bonds. The molecular weight excluding hydrogens is 546 g/mol. The van der Waals surface area contributed by atoms with Gasteiger partial charge in [0, 0.05) is 39.6 Å². The number of halogens is 1. The second-order valence-corrected chi connectivity index (χ2v) is 11.3. The molecule has 10 heteroatoms.